The summed E-state index contributed by atoms with van der Waals surface area (Å²) in [5.74, 6) is -0.264. The van der Waals surface area contributed by atoms with Crippen molar-refractivity contribution in [3.8, 4) is 0 Å². The third-order valence-electron chi connectivity index (χ3n) is 3.45. The fourth-order valence-electron chi connectivity index (χ4n) is 2.24. The predicted molar refractivity (Wildman–Crippen MR) is 89.1 cm³/mol. The van der Waals surface area contributed by atoms with Gasteiger partial charge in [-0.2, -0.15) is 0 Å². The molecule has 6 heteroatoms. The largest absolute Gasteiger partial charge is 0.459 e. The van der Waals surface area contributed by atoms with E-state index < -0.39 is 16.6 Å². The summed E-state index contributed by atoms with van der Waals surface area (Å²) < 4.78 is 5.43. The number of nitro groups is 1. The molecular weight excluding hydrogens is 296 g/mol. The second-order valence-electron chi connectivity index (χ2n) is 6.95. The van der Waals surface area contributed by atoms with E-state index in [9.17, 15) is 14.9 Å². The topological polar surface area (TPSA) is 81.5 Å². The van der Waals surface area contributed by atoms with E-state index in [2.05, 4.69) is 5.32 Å². The summed E-state index contributed by atoms with van der Waals surface area (Å²) in [7, 11) is 0. The summed E-state index contributed by atoms with van der Waals surface area (Å²) in [4.78, 5) is 22.9. The van der Waals surface area contributed by atoms with Gasteiger partial charge in [0.15, 0.2) is 0 Å². The summed E-state index contributed by atoms with van der Waals surface area (Å²) in [6.45, 7) is 11.4. The van der Waals surface area contributed by atoms with Crippen molar-refractivity contribution in [1.82, 2.24) is 5.32 Å². The lowest BCUT2D eigenvalue weighted by Gasteiger charge is -2.26. The minimum absolute atomic E-state index is 0.0452. The second kappa shape index (κ2) is 7.55. The Morgan fingerprint density at radius 3 is 2.43 bits per heavy atom. The highest BCUT2D eigenvalue weighted by Crippen LogP contribution is 2.21. The van der Waals surface area contributed by atoms with Gasteiger partial charge in [0.25, 0.3) is 5.69 Å². The predicted octanol–water partition coefficient (Wildman–Crippen LogP) is 3.36. The number of ether oxygens (including phenoxy) is 1. The normalized spacial score (nSPS) is 13.0. The van der Waals surface area contributed by atoms with Crippen molar-refractivity contribution in [2.24, 2.45) is 5.92 Å². The zero-order chi connectivity index (χ0) is 17.8. The van der Waals surface area contributed by atoms with Gasteiger partial charge in [0.1, 0.15) is 11.6 Å². The summed E-state index contributed by atoms with van der Waals surface area (Å²) in [5.41, 5.74) is 0.945. The quantitative estimate of drug-likeness (QED) is 0.493. The number of hydrogen-bond acceptors (Lipinski definition) is 5. The molecule has 6 nitrogen and oxygen atoms in total. The van der Waals surface area contributed by atoms with Crippen molar-refractivity contribution in [2.75, 3.05) is 0 Å². The number of nitrogens with zero attached hydrogens (tertiary/aromatic N) is 1. The summed E-state index contributed by atoms with van der Waals surface area (Å²) in [5, 5.41) is 14.2. The van der Waals surface area contributed by atoms with Gasteiger partial charge in [0, 0.05) is 18.2 Å². The minimum atomic E-state index is -0.548. The zero-order valence-electron chi connectivity index (χ0n) is 14.7. The van der Waals surface area contributed by atoms with Gasteiger partial charge in [-0.1, -0.05) is 26.0 Å². The molecule has 1 aromatic carbocycles. The van der Waals surface area contributed by atoms with Crippen LogP contribution in [0.5, 0.6) is 0 Å². The second-order valence-corrected chi connectivity index (χ2v) is 6.95. The van der Waals surface area contributed by atoms with Crippen LogP contribution in [0.2, 0.25) is 0 Å². The lowest BCUT2D eigenvalue weighted by molar-refractivity contribution is -0.385. The maximum Gasteiger partial charge on any atom is 0.323 e. The highest BCUT2D eigenvalue weighted by Gasteiger charge is 2.27. The molecule has 23 heavy (non-hydrogen) atoms. The van der Waals surface area contributed by atoms with Crippen LogP contribution < -0.4 is 5.32 Å². The first-order chi connectivity index (χ1) is 10.5. The molecule has 0 aliphatic heterocycles. The lowest BCUT2D eigenvalue weighted by Crippen LogP contribution is -2.44. The third kappa shape index (κ3) is 5.63. The molecule has 0 bridgehead atoms. The van der Waals surface area contributed by atoms with Gasteiger partial charge in [-0.3, -0.25) is 14.9 Å². The number of nitrogens with one attached hydrogen (secondary N) is 1. The number of carbonyl (C=O) groups is 1. The Kier molecular flexibility index (Phi) is 6.27. The summed E-state index contributed by atoms with van der Waals surface area (Å²) in [6.07, 6.45) is 0. The third-order valence-corrected chi connectivity index (χ3v) is 3.45. The molecule has 1 rings (SSSR count). The Balaban J connectivity index is 2.86. The van der Waals surface area contributed by atoms with Crippen molar-refractivity contribution < 1.29 is 14.5 Å². The number of esters is 1. The van der Waals surface area contributed by atoms with E-state index >= 15 is 0 Å². The minimum Gasteiger partial charge on any atom is -0.459 e. The highest BCUT2D eigenvalue weighted by atomic mass is 16.6. The molecule has 0 spiro atoms. The molecule has 128 valence electrons. The first-order valence-corrected chi connectivity index (χ1v) is 7.72. The number of carbonyl (C=O) groups excluding carboxylic acids is 1. The Morgan fingerprint density at radius 1 is 1.35 bits per heavy atom. The fraction of sp³-hybridized carbons (Fsp3) is 0.588. The highest BCUT2D eigenvalue weighted by molar-refractivity contribution is 5.76. The van der Waals surface area contributed by atoms with E-state index in [1.807, 2.05) is 40.7 Å². The van der Waals surface area contributed by atoms with E-state index in [-0.39, 0.29) is 17.6 Å². The number of hydrogen-bond donors (Lipinski definition) is 1. The van der Waals surface area contributed by atoms with Gasteiger partial charge >= 0.3 is 5.97 Å². The van der Waals surface area contributed by atoms with Crippen LogP contribution >= 0.6 is 0 Å². The first kappa shape index (κ1) is 19.1. The molecule has 1 atom stereocenters. The van der Waals surface area contributed by atoms with E-state index in [1.54, 1.807) is 13.0 Å². The molecule has 0 aliphatic carbocycles. The molecule has 0 amide bonds. The number of nitro benzene ring substituents is 1. The van der Waals surface area contributed by atoms with Crippen molar-refractivity contribution >= 4 is 11.7 Å². The molecule has 0 unspecified atom stereocenters. The summed E-state index contributed by atoms with van der Waals surface area (Å²) in [6, 6.07) is 4.49. The molecular formula is C17H26N2O4. The van der Waals surface area contributed by atoms with Crippen LogP contribution in [0.25, 0.3) is 0 Å². The van der Waals surface area contributed by atoms with E-state index in [1.165, 1.54) is 6.07 Å². The van der Waals surface area contributed by atoms with Gasteiger partial charge < -0.3 is 10.1 Å². The van der Waals surface area contributed by atoms with Crippen LogP contribution in [-0.2, 0) is 16.1 Å². The van der Waals surface area contributed by atoms with E-state index in [4.69, 9.17) is 4.74 Å². The Labute approximate surface area is 137 Å². The molecule has 0 heterocycles. The molecule has 1 aromatic rings. The van der Waals surface area contributed by atoms with Gasteiger partial charge in [-0.05, 0) is 39.2 Å². The molecule has 0 saturated heterocycles. The smallest absolute Gasteiger partial charge is 0.323 e. The van der Waals surface area contributed by atoms with Crippen molar-refractivity contribution in [3.63, 3.8) is 0 Å². The maximum atomic E-state index is 12.3. The van der Waals surface area contributed by atoms with Crippen LogP contribution in [0.4, 0.5) is 5.69 Å². The molecule has 1 N–H and O–H groups in total. The van der Waals surface area contributed by atoms with E-state index in [0.29, 0.717) is 12.1 Å². The monoisotopic (exact) mass is 322 g/mol. The first-order valence-electron chi connectivity index (χ1n) is 7.72. The van der Waals surface area contributed by atoms with Crippen molar-refractivity contribution in [3.05, 3.63) is 39.4 Å². The molecule has 0 saturated carbocycles. The van der Waals surface area contributed by atoms with Gasteiger partial charge in [0.05, 0.1) is 4.92 Å². The van der Waals surface area contributed by atoms with Crippen LogP contribution in [-0.4, -0.2) is 22.5 Å². The number of benzene rings is 1. The molecule has 0 fully saturated rings. The van der Waals surface area contributed by atoms with Crippen LogP contribution in [0.1, 0.15) is 45.7 Å². The Morgan fingerprint density at radius 2 is 1.96 bits per heavy atom. The molecule has 0 aromatic heterocycles. The van der Waals surface area contributed by atoms with Crippen molar-refractivity contribution in [2.45, 2.75) is 59.7 Å². The van der Waals surface area contributed by atoms with Gasteiger partial charge in [-0.15, -0.1) is 0 Å². The van der Waals surface area contributed by atoms with Gasteiger partial charge in [0.2, 0.25) is 0 Å². The average molecular weight is 322 g/mol. The lowest BCUT2D eigenvalue weighted by atomic mass is 10.0. The maximum absolute atomic E-state index is 12.3. The average Bonchev–Trinajstić information content (AvgIpc) is 2.37. The molecule has 0 aliphatic rings. The standard InChI is InChI=1S/C17H26N2O4/c1-11(2)15(16(20)23-17(4,5)6)18-10-13-8-7-9-14(12(13)3)19(21)22/h7-9,11,15,18H,10H2,1-6H3/t15-/m0/s1. The Bertz CT molecular complexity index is 576. The van der Waals surface area contributed by atoms with Crippen LogP contribution in [0.3, 0.4) is 0 Å². The Hall–Kier alpha value is -1.95. The van der Waals surface area contributed by atoms with E-state index in [0.717, 1.165) is 5.56 Å². The number of rotatable bonds is 6. The SMILES string of the molecule is Cc1c(CN[C@H](C(=O)OC(C)(C)C)C(C)C)cccc1[N+](=O)[O-]. The van der Waals surface area contributed by atoms with Crippen LogP contribution in [0.15, 0.2) is 18.2 Å². The molecule has 0 radical (unpaired) electrons. The van der Waals surface area contributed by atoms with Crippen molar-refractivity contribution in [1.29, 1.82) is 0 Å². The van der Waals surface area contributed by atoms with Gasteiger partial charge in [-0.25, -0.2) is 0 Å². The zero-order valence-corrected chi connectivity index (χ0v) is 14.7. The fourth-order valence-corrected chi connectivity index (χ4v) is 2.24. The van der Waals surface area contributed by atoms with Crippen LogP contribution in [0, 0.1) is 23.0 Å². The summed E-state index contributed by atoms with van der Waals surface area (Å²) >= 11 is 0.